The van der Waals surface area contributed by atoms with Crippen LogP contribution in [0.15, 0.2) is 0 Å². The van der Waals surface area contributed by atoms with Crippen molar-refractivity contribution in [2.45, 2.75) is 19.8 Å². The predicted octanol–water partition coefficient (Wildman–Crippen LogP) is 0.320. The molecule has 0 aliphatic heterocycles. The van der Waals surface area contributed by atoms with Gasteiger partial charge in [-0.05, 0) is 13.3 Å². The number of ether oxygens (including phenoxy) is 1. The largest absolute Gasteiger partial charge is 0.466 e. The van der Waals surface area contributed by atoms with Crippen LogP contribution >= 0.6 is 0 Å². The monoisotopic (exact) mass is 222 g/mol. The maximum Gasteiger partial charge on any atom is 0.305 e. The van der Waals surface area contributed by atoms with Gasteiger partial charge in [0.1, 0.15) is 0 Å². The minimum absolute atomic E-state index is 0. The van der Waals surface area contributed by atoms with Crippen LogP contribution < -0.4 is 0 Å². The molecule has 0 aromatic rings. The van der Waals surface area contributed by atoms with Gasteiger partial charge in [0.25, 0.3) is 0 Å². The molecule has 0 saturated heterocycles. The molecule has 0 fully saturated rings. The molecule has 0 aliphatic rings. The zero-order valence-electron chi connectivity index (χ0n) is 6.09. The molecule has 10 heavy (non-hydrogen) atoms. The van der Waals surface area contributed by atoms with Crippen LogP contribution in [-0.2, 0) is 35.7 Å². The first-order valence-corrected chi connectivity index (χ1v) is 3.07. The zero-order chi connectivity index (χ0) is 7.11. The van der Waals surface area contributed by atoms with E-state index in [0.717, 1.165) is 0 Å². The Bertz CT molecular complexity index is 85.1. The van der Waals surface area contributed by atoms with Gasteiger partial charge in [0.05, 0.1) is 6.61 Å². The van der Waals surface area contributed by atoms with Crippen molar-refractivity contribution in [3.8, 4) is 0 Å². The maximum atomic E-state index is 10.5. The average Bonchev–Trinajstić information content (AvgIpc) is 1.85. The van der Waals surface area contributed by atoms with E-state index in [1.54, 1.807) is 6.92 Å². The Morgan fingerprint density at radius 2 is 2.20 bits per heavy atom. The molecule has 0 unspecified atom stereocenters. The Morgan fingerprint density at radius 3 is 2.60 bits per heavy atom. The fourth-order valence-electron chi connectivity index (χ4n) is 0.457. The van der Waals surface area contributed by atoms with Crippen molar-refractivity contribution in [1.82, 2.24) is 0 Å². The van der Waals surface area contributed by atoms with Crippen molar-refractivity contribution in [3.63, 3.8) is 0 Å². The minimum Gasteiger partial charge on any atom is -0.466 e. The maximum absolute atomic E-state index is 10.5. The van der Waals surface area contributed by atoms with Crippen molar-refractivity contribution in [2.75, 3.05) is 13.2 Å². The van der Waals surface area contributed by atoms with Crippen molar-refractivity contribution < 1.29 is 40.8 Å². The molecule has 0 saturated carbocycles. The summed E-state index contributed by atoms with van der Waals surface area (Å²) in [5.41, 5.74) is 0. The van der Waals surface area contributed by atoms with E-state index in [0.29, 0.717) is 19.4 Å². The number of aliphatic hydroxyl groups is 1. The van der Waals surface area contributed by atoms with Crippen LogP contribution in [0.2, 0.25) is 0 Å². The first-order valence-electron chi connectivity index (χ1n) is 3.07. The first kappa shape index (κ1) is 12.9. The normalized spacial score (nSPS) is 8.20. The smallest absolute Gasteiger partial charge is 0.305 e. The van der Waals surface area contributed by atoms with Crippen LogP contribution in [0.3, 0.4) is 0 Å². The van der Waals surface area contributed by atoms with E-state index < -0.39 is 0 Å². The van der Waals surface area contributed by atoms with Gasteiger partial charge in [-0.1, -0.05) is 0 Å². The molecule has 0 atom stereocenters. The Labute approximate surface area is 79.9 Å². The van der Waals surface area contributed by atoms with Crippen molar-refractivity contribution in [1.29, 1.82) is 0 Å². The molecular formula is C6H12O3Zr. The Kier molecular flexibility index (Phi) is 12.1. The van der Waals surface area contributed by atoms with E-state index in [-0.39, 0.29) is 38.8 Å². The summed E-state index contributed by atoms with van der Waals surface area (Å²) in [4.78, 5) is 10.5. The summed E-state index contributed by atoms with van der Waals surface area (Å²) in [6.07, 6.45) is 0.823. The Hall–Kier alpha value is 0.313. The molecule has 0 amide bonds. The van der Waals surface area contributed by atoms with Crippen molar-refractivity contribution in [2.24, 2.45) is 0 Å². The van der Waals surface area contributed by atoms with Gasteiger partial charge in [-0.25, -0.2) is 0 Å². The zero-order valence-corrected chi connectivity index (χ0v) is 8.55. The second-order valence-electron chi connectivity index (χ2n) is 1.63. The second kappa shape index (κ2) is 9.31. The summed E-state index contributed by atoms with van der Waals surface area (Å²) in [5.74, 6) is -0.230. The number of rotatable bonds is 4. The number of hydrogen-bond acceptors (Lipinski definition) is 3. The summed E-state index contributed by atoms with van der Waals surface area (Å²) in [5, 5.41) is 8.28. The molecule has 4 heteroatoms. The van der Waals surface area contributed by atoms with E-state index >= 15 is 0 Å². The Morgan fingerprint density at radius 1 is 1.60 bits per heavy atom. The van der Waals surface area contributed by atoms with E-state index in [1.807, 2.05) is 0 Å². The average molecular weight is 223 g/mol. The van der Waals surface area contributed by atoms with Crippen LogP contribution in [0.1, 0.15) is 19.8 Å². The molecule has 0 aliphatic carbocycles. The second-order valence-corrected chi connectivity index (χ2v) is 1.63. The van der Waals surface area contributed by atoms with E-state index in [4.69, 9.17) is 5.11 Å². The van der Waals surface area contributed by atoms with Crippen LogP contribution in [-0.4, -0.2) is 24.3 Å². The molecule has 0 spiro atoms. The fraction of sp³-hybridized carbons (Fsp3) is 0.833. The van der Waals surface area contributed by atoms with E-state index in [9.17, 15) is 4.79 Å². The third kappa shape index (κ3) is 8.31. The van der Waals surface area contributed by atoms with Crippen molar-refractivity contribution >= 4 is 5.97 Å². The van der Waals surface area contributed by atoms with E-state index in [2.05, 4.69) is 4.74 Å². The van der Waals surface area contributed by atoms with Gasteiger partial charge >= 0.3 is 5.97 Å². The molecule has 0 aromatic heterocycles. The molecule has 0 rings (SSSR count). The van der Waals surface area contributed by atoms with Crippen molar-refractivity contribution in [3.05, 3.63) is 0 Å². The molecule has 0 aromatic carbocycles. The third-order valence-electron chi connectivity index (χ3n) is 0.844. The quantitative estimate of drug-likeness (QED) is 0.698. The summed E-state index contributed by atoms with van der Waals surface area (Å²) < 4.78 is 4.59. The van der Waals surface area contributed by atoms with Gasteiger partial charge < -0.3 is 9.84 Å². The molecule has 3 nitrogen and oxygen atoms in total. The number of carbonyl (C=O) groups is 1. The first-order chi connectivity index (χ1) is 4.31. The van der Waals surface area contributed by atoms with Crippen LogP contribution in [0, 0.1) is 0 Å². The number of hydrogen-bond donors (Lipinski definition) is 1. The number of carbonyl (C=O) groups excluding carboxylic acids is 1. The standard InChI is InChI=1S/C6H12O3.Zr/c1-2-9-6(8)4-3-5-7;/h7H,2-5H2,1H3;. The predicted molar refractivity (Wildman–Crippen MR) is 33.0 cm³/mol. The van der Waals surface area contributed by atoms with Crippen LogP contribution in [0.25, 0.3) is 0 Å². The summed E-state index contributed by atoms with van der Waals surface area (Å²) >= 11 is 0. The topological polar surface area (TPSA) is 46.5 Å². The van der Waals surface area contributed by atoms with E-state index in [1.165, 1.54) is 0 Å². The third-order valence-corrected chi connectivity index (χ3v) is 0.844. The van der Waals surface area contributed by atoms with Crippen LogP contribution in [0.5, 0.6) is 0 Å². The van der Waals surface area contributed by atoms with Gasteiger partial charge in [-0.2, -0.15) is 0 Å². The summed E-state index contributed by atoms with van der Waals surface area (Å²) in [7, 11) is 0. The minimum atomic E-state index is -0.230. The number of esters is 1. The molecule has 1 N–H and O–H groups in total. The molecule has 0 heterocycles. The fourth-order valence-corrected chi connectivity index (χ4v) is 0.457. The molecule has 0 bridgehead atoms. The van der Waals surface area contributed by atoms with Gasteiger partial charge in [-0.15, -0.1) is 0 Å². The van der Waals surface area contributed by atoms with Gasteiger partial charge in [0.15, 0.2) is 0 Å². The SMILES string of the molecule is CCOC(=O)CCCO.[Zr]. The molecule has 0 radical (unpaired) electrons. The summed E-state index contributed by atoms with van der Waals surface area (Å²) in [6, 6.07) is 0. The van der Waals surface area contributed by atoms with Crippen LogP contribution in [0.4, 0.5) is 0 Å². The molecule has 58 valence electrons. The summed E-state index contributed by atoms with van der Waals surface area (Å²) in [6.45, 7) is 2.24. The molecular weight excluding hydrogens is 211 g/mol. The van der Waals surface area contributed by atoms with Gasteiger partial charge in [-0.3, -0.25) is 4.79 Å². The van der Waals surface area contributed by atoms with Gasteiger partial charge in [0.2, 0.25) is 0 Å². The number of aliphatic hydroxyl groups excluding tert-OH is 1. The Balaban J connectivity index is 0. The van der Waals surface area contributed by atoms with Gasteiger partial charge in [0, 0.05) is 39.2 Å².